The summed E-state index contributed by atoms with van der Waals surface area (Å²) >= 11 is 0. The predicted octanol–water partition coefficient (Wildman–Crippen LogP) is 2.87. The van der Waals surface area contributed by atoms with Crippen LogP contribution in [-0.2, 0) is 14.6 Å². The first-order valence-corrected chi connectivity index (χ1v) is 8.87. The molecule has 2 rings (SSSR count). The Morgan fingerprint density at radius 1 is 1.04 bits per heavy atom. The number of esters is 1. The lowest BCUT2D eigenvalue weighted by Gasteiger charge is -2.07. The second kappa shape index (κ2) is 8.21. The van der Waals surface area contributed by atoms with Crippen molar-refractivity contribution in [2.45, 2.75) is 10.7 Å². The van der Waals surface area contributed by atoms with E-state index in [9.17, 15) is 31.2 Å². The van der Waals surface area contributed by atoms with Gasteiger partial charge in [-0.2, -0.15) is 8.78 Å². The molecule has 0 unspecified atom stereocenters. The van der Waals surface area contributed by atoms with Gasteiger partial charge in [-0.25, -0.2) is 17.6 Å². The van der Waals surface area contributed by atoms with Crippen LogP contribution in [0, 0.1) is 5.82 Å². The molecule has 2 aromatic carbocycles. The van der Waals surface area contributed by atoms with Crippen molar-refractivity contribution in [3.8, 4) is 5.75 Å². The molecule has 0 N–H and O–H groups in total. The highest BCUT2D eigenvalue weighted by Crippen LogP contribution is 2.20. The first-order chi connectivity index (χ1) is 12.7. The van der Waals surface area contributed by atoms with Crippen molar-refractivity contribution in [1.82, 2.24) is 0 Å². The van der Waals surface area contributed by atoms with Crippen molar-refractivity contribution in [1.29, 1.82) is 0 Å². The lowest BCUT2D eigenvalue weighted by molar-refractivity contribution is 0.0474. The highest BCUT2D eigenvalue weighted by Gasteiger charge is 2.26. The fraction of sp³-hybridized carbons (Fsp3) is 0.176. The summed E-state index contributed by atoms with van der Waals surface area (Å²) in [6, 6.07) is 7.09. The molecular formula is C17H13F3O6S. The lowest BCUT2D eigenvalue weighted by atomic mass is 10.1. The van der Waals surface area contributed by atoms with Crippen LogP contribution in [0.1, 0.15) is 20.7 Å². The maximum Gasteiger partial charge on any atom is 0.341 e. The topological polar surface area (TPSA) is 86.7 Å². The van der Waals surface area contributed by atoms with Gasteiger partial charge >= 0.3 is 11.7 Å². The number of carbonyl (C=O) groups is 2. The van der Waals surface area contributed by atoms with E-state index < -0.39 is 44.7 Å². The number of hydrogen-bond donors (Lipinski definition) is 0. The molecule has 0 heterocycles. The molecule has 0 aromatic heterocycles. The summed E-state index contributed by atoms with van der Waals surface area (Å²) in [5, 5.41) is 0. The van der Waals surface area contributed by atoms with Crippen LogP contribution in [0.2, 0.25) is 0 Å². The number of alkyl halides is 2. The zero-order chi connectivity index (χ0) is 20.2. The van der Waals surface area contributed by atoms with Crippen LogP contribution in [0.5, 0.6) is 5.75 Å². The normalized spacial score (nSPS) is 11.3. The van der Waals surface area contributed by atoms with E-state index in [1.54, 1.807) is 0 Å². The van der Waals surface area contributed by atoms with Crippen molar-refractivity contribution in [2.75, 3.05) is 13.7 Å². The molecule has 0 saturated heterocycles. The number of halogens is 3. The van der Waals surface area contributed by atoms with Crippen LogP contribution in [0.4, 0.5) is 13.2 Å². The molecule has 0 fully saturated rings. The number of sulfone groups is 1. The molecule has 0 spiro atoms. The number of methoxy groups -OCH3 is 1. The van der Waals surface area contributed by atoms with Gasteiger partial charge in [-0.1, -0.05) is 0 Å². The number of Topliss-reactive ketones (excluding diaryl/α,β-unsaturated/α-hetero) is 1. The molecule has 2 aromatic rings. The van der Waals surface area contributed by atoms with E-state index in [2.05, 4.69) is 0 Å². The van der Waals surface area contributed by atoms with E-state index >= 15 is 0 Å². The van der Waals surface area contributed by atoms with E-state index in [1.807, 2.05) is 0 Å². The summed E-state index contributed by atoms with van der Waals surface area (Å²) < 4.78 is 70.6. The number of benzene rings is 2. The Hall–Kier alpha value is -2.88. The fourth-order valence-corrected chi connectivity index (χ4v) is 2.74. The van der Waals surface area contributed by atoms with Gasteiger partial charge in [-0.15, -0.1) is 0 Å². The summed E-state index contributed by atoms with van der Waals surface area (Å²) in [5.74, 6) is -6.05. The molecule has 27 heavy (non-hydrogen) atoms. The smallest absolute Gasteiger partial charge is 0.341 e. The molecule has 144 valence electrons. The van der Waals surface area contributed by atoms with Crippen molar-refractivity contribution in [3.05, 3.63) is 59.4 Å². The summed E-state index contributed by atoms with van der Waals surface area (Å²) in [6.45, 7) is -0.693. The van der Waals surface area contributed by atoms with E-state index in [0.717, 1.165) is 30.3 Å². The number of carbonyl (C=O) groups excluding carboxylic acids is 2. The maximum absolute atomic E-state index is 13.6. The Balaban J connectivity index is 2.03. The van der Waals surface area contributed by atoms with Crippen LogP contribution in [0.3, 0.4) is 0 Å². The molecule has 0 bridgehead atoms. The van der Waals surface area contributed by atoms with Crippen LogP contribution < -0.4 is 4.74 Å². The van der Waals surface area contributed by atoms with E-state index in [1.165, 1.54) is 19.2 Å². The van der Waals surface area contributed by atoms with Crippen molar-refractivity contribution in [2.24, 2.45) is 0 Å². The molecular weight excluding hydrogens is 389 g/mol. The molecule has 10 heteroatoms. The van der Waals surface area contributed by atoms with Gasteiger partial charge in [0.25, 0.3) is 0 Å². The van der Waals surface area contributed by atoms with Crippen LogP contribution in [-0.4, -0.2) is 39.6 Å². The van der Waals surface area contributed by atoms with E-state index in [4.69, 9.17) is 9.47 Å². The number of ketones is 1. The Kier molecular flexibility index (Phi) is 6.21. The minimum Gasteiger partial charge on any atom is -0.494 e. The van der Waals surface area contributed by atoms with Crippen molar-refractivity contribution < 1.29 is 40.7 Å². The first kappa shape index (κ1) is 20.4. The second-order valence-electron chi connectivity index (χ2n) is 5.18. The SMILES string of the molecule is COc1ccc(C(=O)COC(=O)c2ccc(S(=O)(=O)C(F)F)cc2)cc1F. The average Bonchev–Trinajstić information content (AvgIpc) is 2.65. The third-order valence-electron chi connectivity index (χ3n) is 3.46. The van der Waals surface area contributed by atoms with Gasteiger partial charge in [0.1, 0.15) is 0 Å². The largest absolute Gasteiger partial charge is 0.494 e. The van der Waals surface area contributed by atoms with Crippen LogP contribution >= 0.6 is 0 Å². The summed E-state index contributed by atoms with van der Waals surface area (Å²) in [6.07, 6.45) is 0. The lowest BCUT2D eigenvalue weighted by Crippen LogP contribution is -2.15. The van der Waals surface area contributed by atoms with Crippen molar-refractivity contribution >= 4 is 21.6 Å². The summed E-state index contributed by atoms with van der Waals surface area (Å²) in [7, 11) is -3.51. The van der Waals surface area contributed by atoms with Crippen LogP contribution in [0.25, 0.3) is 0 Å². The Morgan fingerprint density at radius 3 is 2.15 bits per heavy atom. The standard InChI is InChI=1S/C17H13F3O6S/c1-25-15-7-4-11(8-13(15)18)14(21)9-26-16(22)10-2-5-12(6-3-10)27(23,24)17(19)20/h2-8,17H,9H2,1H3. The first-order valence-electron chi connectivity index (χ1n) is 7.32. The molecule has 0 aliphatic heterocycles. The minimum absolute atomic E-state index is 0.0422. The van der Waals surface area contributed by atoms with Gasteiger partial charge in [0.15, 0.2) is 24.0 Å². The van der Waals surface area contributed by atoms with E-state index in [0.29, 0.717) is 0 Å². The molecule has 0 atom stereocenters. The predicted molar refractivity (Wildman–Crippen MR) is 87.2 cm³/mol. The summed E-state index contributed by atoms with van der Waals surface area (Å²) in [4.78, 5) is 23.2. The fourth-order valence-electron chi connectivity index (χ4n) is 2.02. The van der Waals surface area contributed by atoms with Gasteiger partial charge in [-0.05, 0) is 42.5 Å². The molecule has 0 aliphatic carbocycles. The number of ether oxygens (including phenoxy) is 2. The molecule has 6 nitrogen and oxygen atoms in total. The van der Waals surface area contributed by atoms with Crippen molar-refractivity contribution in [3.63, 3.8) is 0 Å². The molecule has 0 saturated carbocycles. The Labute approximate surface area is 152 Å². The van der Waals surface area contributed by atoms with Gasteiger partial charge in [0.2, 0.25) is 9.84 Å². The third-order valence-corrected chi connectivity index (χ3v) is 4.86. The van der Waals surface area contributed by atoms with Gasteiger partial charge in [0.05, 0.1) is 17.6 Å². The monoisotopic (exact) mass is 402 g/mol. The zero-order valence-electron chi connectivity index (χ0n) is 13.8. The van der Waals surface area contributed by atoms with Gasteiger partial charge < -0.3 is 9.47 Å². The zero-order valence-corrected chi connectivity index (χ0v) is 14.6. The quantitative estimate of drug-likeness (QED) is 0.523. The van der Waals surface area contributed by atoms with E-state index in [-0.39, 0.29) is 16.9 Å². The Morgan fingerprint density at radius 2 is 1.63 bits per heavy atom. The van der Waals surface area contributed by atoms with Gasteiger partial charge in [-0.3, -0.25) is 4.79 Å². The Bertz CT molecular complexity index is 955. The van der Waals surface area contributed by atoms with Crippen LogP contribution in [0.15, 0.2) is 47.4 Å². The third kappa shape index (κ3) is 4.64. The average molecular weight is 402 g/mol. The molecule has 0 amide bonds. The molecule has 0 aliphatic rings. The maximum atomic E-state index is 13.6. The van der Waals surface area contributed by atoms with Gasteiger partial charge in [0, 0.05) is 5.56 Å². The minimum atomic E-state index is -4.78. The summed E-state index contributed by atoms with van der Waals surface area (Å²) in [5.41, 5.74) is -0.184. The number of hydrogen-bond acceptors (Lipinski definition) is 6. The molecule has 0 radical (unpaired) electrons. The highest BCUT2D eigenvalue weighted by molar-refractivity contribution is 7.91. The highest BCUT2D eigenvalue weighted by atomic mass is 32.2. The second-order valence-corrected chi connectivity index (χ2v) is 7.10. The number of rotatable bonds is 7.